The second-order valence-electron chi connectivity index (χ2n) is 5.95. The summed E-state index contributed by atoms with van der Waals surface area (Å²) in [6, 6.07) is 10.00. The van der Waals surface area contributed by atoms with E-state index >= 15 is 0 Å². The molecule has 0 unspecified atom stereocenters. The van der Waals surface area contributed by atoms with Crippen molar-refractivity contribution < 1.29 is 14.3 Å². The molecule has 1 atom stereocenters. The Kier molecular flexibility index (Phi) is 4.93. The average Bonchev–Trinajstić information content (AvgIpc) is 2.88. The molecule has 0 radical (unpaired) electrons. The molecule has 3 rings (SSSR count). The van der Waals surface area contributed by atoms with Crippen LogP contribution in [0.15, 0.2) is 30.3 Å². The van der Waals surface area contributed by atoms with Crippen LogP contribution in [0.5, 0.6) is 0 Å². The summed E-state index contributed by atoms with van der Waals surface area (Å²) in [5.74, 6) is -0.150. The minimum atomic E-state index is -0.294. The topological polar surface area (TPSA) is 53.1 Å². The Balaban J connectivity index is 1.58. The van der Waals surface area contributed by atoms with Gasteiger partial charge in [0, 0.05) is 39.0 Å². The van der Waals surface area contributed by atoms with E-state index in [2.05, 4.69) is 21.9 Å². The van der Waals surface area contributed by atoms with Crippen molar-refractivity contribution in [3.8, 4) is 0 Å². The Morgan fingerprint density at radius 3 is 2.43 bits per heavy atom. The monoisotopic (exact) mass is 317 g/mol. The molecular formula is C17H23N3O3. The van der Waals surface area contributed by atoms with E-state index in [0.717, 1.165) is 26.2 Å². The van der Waals surface area contributed by atoms with Crippen molar-refractivity contribution in [1.29, 1.82) is 0 Å². The molecule has 2 saturated heterocycles. The summed E-state index contributed by atoms with van der Waals surface area (Å²) in [7, 11) is 1.57. The smallest absolute Gasteiger partial charge is 0.247 e. The van der Waals surface area contributed by atoms with Gasteiger partial charge in [0.05, 0.1) is 25.6 Å². The molecule has 0 aromatic heterocycles. The van der Waals surface area contributed by atoms with Gasteiger partial charge >= 0.3 is 0 Å². The number of benzene rings is 1. The number of likely N-dealkylation sites (tertiary alicyclic amines) is 1. The summed E-state index contributed by atoms with van der Waals surface area (Å²) < 4.78 is 4.98. The number of anilines is 1. The summed E-state index contributed by atoms with van der Waals surface area (Å²) in [6.07, 6.45) is 0.299. The standard InChI is InChI=1S/C17H23N3O3/c1-23-12-11-20-16(21)13-15(17(20)22)19-9-7-18(8-10-19)14-5-3-2-4-6-14/h2-6,15H,7-13H2,1H3/t15-/m1/s1. The first-order valence-electron chi connectivity index (χ1n) is 8.08. The maximum Gasteiger partial charge on any atom is 0.247 e. The summed E-state index contributed by atoms with van der Waals surface area (Å²) in [5.41, 5.74) is 1.21. The van der Waals surface area contributed by atoms with Gasteiger partial charge in [-0.05, 0) is 12.1 Å². The number of methoxy groups -OCH3 is 1. The van der Waals surface area contributed by atoms with Gasteiger partial charge in [-0.3, -0.25) is 19.4 Å². The Morgan fingerprint density at radius 1 is 1.09 bits per heavy atom. The second kappa shape index (κ2) is 7.10. The third-order valence-electron chi connectivity index (χ3n) is 4.62. The first-order chi connectivity index (χ1) is 11.2. The first kappa shape index (κ1) is 16.0. The van der Waals surface area contributed by atoms with Gasteiger partial charge in [0.15, 0.2) is 0 Å². The Hall–Kier alpha value is -1.92. The second-order valence-corrected chi connectivity index (χ2v) is 5.95. The lowest BCUT2D eigenvalue weighted by Crippen LogP contribution is -2.52. The molecule has 1 aromatic rings. The van der Waals surface area contributed by atoms with E-state index < -0.39 is 0 Å². The zero-order chi connectivity index (χ0) is 16.2. The summed E-state index contributed by atoms with van der Waals surface area (Å²) in [5, 5.41) is 0. The van der Waals surface area contributed by atoms with Crippen LogP contribution in [0, 0.1) is 0 Å². The lowest BCUT2D eigenvalue weighted by molar-refractivity contribution is -0.140. The van der Waals surface area contributed by atoms with Gasteiger partial charge in [0.1, 0.15) is 0 Å². The van der Waals surface area contributed by atoms with Gasteiger partial charge in [0.25, 0.3) is 0 Å². The fourth-order valence-corrected chi connectivity index (χ4v) is 3.30. The molecule has 2 aliphatic rings. The highest BCUT2D eigenvalue weighted by molar-refractivity contribution is 6.05. The van der Waals surface area contributed by atoms with Gasteiger partial charge in [0.2, 0.25) is 11.8 Å². The van der Waals surface area contributed by atoms with Gasteiger partial charge < -0.3 is 9.64 Å². The number of ether oxygens (including phenoxy) is 1. The van der Waals surface area contributed by atoms with Gasteiger partial charge in [-0.25, -0.2) is 0 Å². The number of rotatable bonds is 5. The van der Waals surface area contributed by atoms with Crippen molar-refractivity contribution in [2.75, 3.05) is 51.3 Å². The first-order valence-corrected chi connectivity index (χ1v) is 8.08. The Morgan fingerprint density at radius 2 is 1.78 bits per heavy atom. The van der Waals surface area contributed by atoms with Crippen molar-refractivity contribution >= 4 is 17.5 Å². The molecule has 0 saturated carbocycles. The zero-order valence-electron chi connectivity index (χ0n) is 13.5. The van der Waals surface area contributed by atoms with Crippen LogP contribution in [0.25, 0.3) is 0 Å². The quantitative estimate of drug-likeness (QED) is 0.744. The fraction of sp³-hybridized carbons (Fsp3) is 0.529. The molecule has 6 nitrogen and oxygen atoms in total. The normalized spacial score (nSPS) is 22.9. The molecule has 2 heterocycles. The number of imide groups is 1. The molecule has 0 N–H and O–H groups in total. The van der Waals surface area contributed by atoms with Crippen LogP contribution in [-0.4, -0.2) is 74.1 Å². The number of hydrogen-bond acceptors (Lipinski definition) is 5. The summed E-state index contributed by atoms with van der Waals surface area (Å²) >= 11 is 0. The zero-order valence-corrected chi connectivity index (χ0v) is 13.5. The average molecular weight is 317 g/mol. The maximum atomic E-state index is 12.5. The SMILES string of the molecule is COCCN1C(=O)C[C@@H](N2CCN(c3ccccc3)CC2)C1=O. The van der Waals surface area contributed by atoms with Crippen LogP contribution in [0.3, 0.4) is 0 Å². The molecule has 2 amide bonds. The number of para-hydroxylation sites is 1. The number of piperazine rings is 1. The molecule has 2 fully saturated rings. The van der Waals surface area contributed by atoms with E-state index in [1.807, 2.05) is 18.2 Å². The highest BCUT2D eigenvalue weighted by Crippen LogP contribution is 2.22. The summed E-state index contributed by atoms with van der Waals surface area (Å²) in [6.45, 7) is 4.11. The Labute approximate surface area is 136 Å². The van der Waals surface area contributed by atoms with Gasteiger partial charge in [-0.1, -0.05) is 18.2 Å². The maximum absolute atomic E-state index is 12.5. The molecule has 1 aromatic carbocycles. The van der Waals surface area contributed by atoms with Crippen LogP contribution in [0.4, 0.5) is 5.69 Å². The molecule has 124 valence electrons. The van der Waals surface area contributed by atoms with E-state index in [4.69, 9.17) is 4.74 Å². The molecule has 2 aliphatic heterocycles. The van der Waals surface area contributed by atoms with Gasteiger partial charge in [-0.15, -0.1) is 0 Å². The van der Waals surface area contributed by atoms with Crippen molar-refractivity contribution in [1.82, 2.24) is 9.80 Å². The van der Waals surface area contributed by atoms with Crippen LogP contribution >= 0.6 is 0 Å². The van der Waals surface area contributed by atoms with E-state index in [1.54, 1.807) is 7.11 Å². The third kappa shape index (κ3) is 3.38. The van der Waals surface area contributed by atoms with E-state index in [-0.39, 0.29) is 17.9 Å². The van der Waals surface area contributed by atoms with E-state index in [0.29, 0.717) is 19.6 Å². The third-order valence-corrected chi connectivity index (χ3v) is 4.62. The molecular weight excluding hydrogens is 294 g/mol. The van der Waals surface area contributed by atoms with E-state index in [1.165, 1.54) is 10.6 Å². The highest BCUT2D eigenvalue weighted by atomic mass is 16.5. The van der Waals surface area contributed by atoms with E-state index in [9.17, 15) is 9.59 Å². The molecule has 0 aliphatic carbocycles. The predicted molar refractivity (Wildman–Crippen MR) is 87.2 cm³/mol. The number of carbonyl (C=O) groups is 2. The predicted octanol–water partition coefficient (Wildman–Crippen LogP) is 0.582. The van der Waals surface area contributed by atoms with Crippen molar-refractivity contribution in [3.05, 3.63) is 30.3 Å². The van der Waals surface area contributed by atoms with Gasteiger partial charge in [-0.2, -0.15) is 0 Å². The molecule has 0 spiro atoms. The van der Waals surface area contributed by atoms with Crippen LogP contribution in [0.2, 0.25) is 0 Å². The number of amides is 2. The molecule has 6 heteroatoms. The number of carbonyl (C=O) groups excluding carboxylic acids is 2. The molecule has 0 bridgehead atoms. The van der Waals surface area contributed by atoms with Crippen molar-refractivity contribution in [3.63, 3.8) is 0 Å². The van der Waals surface area contributed by atoms with Crippen LogP contribution in [-0.2, 0) is 14.3 Å². The minimum Gasteiger partial charge on any atom is -0.383 e. The van der Waals surface area contributed by atoms with Crippen molar-refractivity contribution in [2.24, 2.45) is 0 Å². The van der Waals surface area contributed by atoms with Crippen LogP contribution in [0.1, 0.15) is 6.42 Å². The molecule has 23 heavy (non-hydrogen) atoms. The lowest BCUT2D eigenvalue weighted by Gasteiger charge is -2.38. The number of hydrogen-bond donors (Lipinski definition) is 0. The lowest BCUT2D eigenvalue weighted by atomic mass is 10.1. The fourth-order valence-electron chi connectivity index (χ4n) is 3.30. The Bertz CT molecular complexity index is 555. The minimum absolute atomic E-state index is 0.0692. The number of nitrogens with zero attached hydrogens (tertiary/aromatic N) is 3. The summed E-state index contributed by atoms with van der Waals surface area (Å²) in [4.78, 5) is 30.3. The highest BCUT2D eigenvalue weighted by Gasteiger charge is 2.42. The van der Waals surface area contributed by atoms with Crippen LogP contribution < -0.4 is 4.90 Å². The van der Waals surface area contributed by atoms with Crippen molar-refractivity contribution in [2.45, 2.75) is 12.5 Å². The largest absolute Gasteiger partial charge is 0.383 e.